The zero-order chi connectivity index (χ0) is 26.5. The second-order valence-corrected chi connectivity index (χ2v) is 13.3. The molecule has 0 aromatic carbocycles. The van der Waals surface area contributed by atoms with Crippen molar-refractivity contribution in [2.75, 3.05) is 6.54 Å². The van der Waals surface area contributed by atoms with Crippen molar-refractivity contribution >= 4 is 17.5 Å². The van der Waals surface area contributed by atoms with Gasteiger partial charge in [-0.2, -0.15) is 0 Å². The lowest BCUT2D eigenvalue weighted by molar-refractivity contribution is -0.121. The molecule has 0 saturated heterocycles. The van der Waals surface area contributed by atoms with Gasteiger partial charge in [-0.05, 0) is 104 Å². The van der Waals surface area contributed by atoms with Crippen molar-refractivity contribution in [1.82, 2.24) is 20.0 Å². The van der Waals surface area contributed by atoms with E-state index in [1.54, 1.807) is 0 Å². The van der Waals surface area contributed by atoms with E-state index in [1.165, 1.54) is 38.5 Å². The minimum Gasteiger partial charge on any atom is -0.353 e. The lowest BCUT2D eigenvalue weighted by Gasteiger charge is -2.59. The van der Waals surface area contributed by atoms with Crippen molar-refractivity contribution in [2.24, 2.45) is 34.5 Å². The smallest absolute Gasteiger partial charge is 0.268 e. The Morgan fingerprint density at radius 2 is 1.84 bits per heavy atom. The molecule has 3 bridgehead atoms. The molecular formula is C32H46N4O2. The van der Waals surface area contributed by atoms with E-state index >= 15 is 0 Å². The molecular weight excluding hydrogens is 472 g/mol. The van der Waals surface area contributed by atoms with Gasteiger partial charge in [-0.15, -0.1) is 0 Å². The van der Waals surface area contributed by atoms with Crippen molar-refractivity contribution < 1.29 is 9.59 Å². The fourth-order valence-corrected chi connectivity index (χ4v) is 9.83. The predicted octanol–water partition coefficient (Wildman–Crippen LogP) is 5.93. The summed E-state index contributed by atoms with van der Waals surface area (Å²) in [6, 6.07) is 5.89. The fraction of sp³-hybridized carbons (Fsp3) is 0.719. The molecule has 2 aromatic heterocycles. The number of rotatable bonds is 12. The minimum absolute atomic E-state index is 0.0172. The van der Waals surface area contributed by atoms with Crippen LogP contribution in [0.3, 0.4) is 0 Å². The minimum atomic E-state index is -0.0257. The highest BCUT2D eigenvalue weighted by atomic mass is 16.2. The Labute approximate surface area is 227 Å². The van der Waals surface area contributed by atoms with Crippen LogP contribution >= 0.6 is 0 Å². The maximum Gasteiger partial charge on any atom is 0.268 e. The zero-order valence-electron chi connectivity index (χ0n) is 23.6. The van der Waals surface area contributed by atoms with Crippen LogP contribution in [0.2, 0.25) is 0 Å². The van der Waals surface area contributed by atoms with Crippen molar-refractivity contribution in [3.05, 3.63) is 35.8 Å². The first-order chi connectivity index (χ1) is 18.4. The number of nitrogens with one attached hydrogen (secondary N) is 2. The predicted molar refractivity (Wildman–Crippen MR) is 150 cm³/mol. The molecule has 1 spiro atoms. The Bertz CT molecular complexity index is 1190. The van der Waals surface area contributed by atoms with Gasteiger partial charge in [0.05, 0.1) is 12.1 Å². The van der Waals surface area contributed by atoms with E-state index < -0.39 is 0 Å². The van der Waals surface area contributed by atoms with Crippen LogP contribution in [0.5, 0.6) is 0 Å². The monoisotopic (exact) mass is 518 g/mol. The first-order valence-electron chi connectivity index (χ1n) is 15.4. The number of aromatic nitrogens is 2. The van der Waals surface area contributed by atoms with E-state index in [0.29, 0.717) is 28.1 Å². The van der Waals surface area contributed by atoms with E-state index in [1.807, 2.05) is 28.8 Å². The Morgan fingerprint density at radius 1 is 1.05 bits per heavy atom. The van der Waals surface area contributed by atoms with E-state index in [2.05, 4.69) is 31.4 Å². The van der Waals surface area contributed by atoms with Crippen LogP contribution in [0, 0.1) is 34.5 Å². The van der Waals surface area contributed by atoms with Gasteiger partial charge in [0.2, 0.25) is 5.91 Å². The fourth-order valence-electron chi connectivity index (χ4n) is 9.83. The SMILES string of the molecule is CCCC(CCC)C(CC)NC(=O)Cc1cn2c(C(=O)NCC34CC5CC6CC(C3)C4(C6)C5)cccc2n1. The molecule has 2 N–H and O–H groups in total. The number of pyridine rings is 1. The number of hydrogen-bond donors (Lipinski definition) is 2. The van der Waals surface area contributed by atoms with Crippen LogP contribution in [0.25, 0.3) is 5.65 Å². The van der Waals surface area contributed by atoms with E-state index in [4.69, 9.17) is 4.98 Å². The Morgan fingerprint density at radius 3 is 2.61 bits per heavy atom. The summed E-state index contributed by atoms with van der Waals surface area (Å²) in [4.78, 5) is 31.1. The second kappa shape index (κ2) is 9.98. The van der Waals surface area contributed by atoms with Crippen LogP contribution in [0.4, 0.5) is 0 Å². The number of carbonyl (C=O) groups excluding carboxylic acids is 2. The highest BCUT2D eigenvalue weighted by Gasteiger charge is 2.73. The van der Waals surface area contributed by atoms with Gasteiger partial charge in [0.15, 0.2) is 0 Å². The third-order valence-electron chi connectivity index (χ3n) is 11.1. The number of hydrogen-bond acceptors (Lipinski definition) is 3. The van der Waals surface area contributed by atoms with Gasteiger partial charge in [0.1, 0.15) is 11.3 Å². The Kier molecular flexibility index (Phi) is 6.80. The lowest BCUT2D eigenvalue weighted by Crippen LogP contribution is -2.57. The standard InChI is InChI=1S/C32H46N4O2/c1-4-8-23(9-5-2)26(6-3)35-29(37)14-25-19-36-27(10-7-11-28(36)34-25)30(38)33-20-31-15-22-12-21-13-24(18-31)32(31,16-21)17-22/h7,10-11,19,21-24,26H,4-6,8-9,12-18,20H2,1-3H3,(H,33,38)(H,35,37). The normalized spacial score (nSPS) is 31.4. The number of nitrogens with zero attached hydrogens (tertiary/aromatic N) is 2. The summed E-state index contributed by atoms with van der Waals surface area (Å²) in [6.45, 7) is 7.40. The second-order valence-electron chi connectivity index (χ2n) is 13.3. The van der Waals surface area contributed by atoms with Crippen LogP contribution < -0.4 is 10.6 Å². The maximum atomic E-state index is 13.4. The molecule has 2 heterocycles. The maximum absolute atomic E-state index is 13.4. The zero-order valence-corrected chi connectivity index (χ0v) is 23.6. The number of imidazole rings is 1. The lowest BCUT2D eigenvalue weighted by atomic mass is 9.46. The van der Waals surface area contributed by atoms with E-state index in [0.717, 1.165) is 62.0 Å². The molecule has 2 aromatic rings. The molecule has 4 saturated carbocycles. The molecule has 6 unspecified atom stereocenters. The van der Waals surface area contributed by atoms with Crippen LogP contribution in [-0.4, -0.2) is 33.8 Å². The third-order valence-corrected chi connectivity index (χ3v) is 11.1. The number of fused-ring (bicyclic) bond motifs is 3. The molecule has 38 heavy (non-hydrogen) atoms. The van der Waals surface area contributed by atoms with Gasteiger partial charge in [-0.25, -0.2) is 4.98 Å². The molecule has 4 aliphatic carbocycles. The van der Waals surface area contributed by atoms with Crippen molar-refractivity contribution in [1.29, 1.82) is 0 Å². The topological polar surface area (TPSA) is 75.5 Å². The van der Waals surface area contributed by atoms with Crippen molar-refractivity contribution in [2.45, 2.75) is 104 Å². The van der Waals surface area contributed by atoms with Gasteiger partial charge >= 0.3 is 0 Å². The average molecular weight is 519 g/mol. The quantitative estimate of drug-likeness (QED) is 0.365. The molecule has 0 aliphatic heterocycles. The van der Waals surface area contributed by atoms with Crippen LogP contribution in [0.15, 0.2) is 24.4 Å². The average Bonchev–Trinajstić information content (AvgIpc) is 3.45. The van der Waals surface area contributed by atoms with Gasteiger partial charge in [0, 0.05) is 18.8 Å². The first kappa shape index (κ1) is 25.9. The summed E-state index contributed by atoms with van der Waals surface area (Å²) in [5.41, 5.74) is 2.89. The van der Waals surface area contributed by atoms with Crippen LogP contribution in [-0.2, 0) is 11.2 Å². The molecule has 6 rings (SSSR count). The van der Waals surface area contributed by atoms with E-state index in [9.17, 15) is 9.59 Å². The summed E-state index contributed by atoms with van der Waals surface area (Å²) in [5, 5.41) is 6.64. The summed E-state index contributed by atoms with van der Waals surface area (Å²) in [6.07, 6.45) is 15.9. The molecule has 2 amide bonds. The number of amides is 2. The van der Waals surface area contributed by atoms with E-state index in [-0.39, 0.29) is 24.3 Å². The first-order valence-corrected chi connectivity index (χ1v) is 15.4. The molecule has 206 valence electrons. The van der Waals surface area contributed by atoms with Crippen molar-refractivity contribution in [3.63, 3.8) is 0 Å². The summed E-state index contributed by atoms with van der Waals surface area (Å²) < 4.78 is 1.87. The highest BCUT2D eigenvalue weighted by molar-refractivity contribution is 5.93. The molecule has 6 heteroatoms. The molecule has 4 aliphatic rings. The van der Waals surface area contributed by atoms with Gasteiger partial charge in [-0.3, -0.25) is 14.0 Å². The molecule has 6 nitrogen and oxygen atoms in total. The molecule has 4 fully saturated rings. The third kappa shape index (κ3) is 4.17. The summed E-state index contributed by atoms with van der Waals surface area (Å²) >= 11 is 0. The highest BCUT2D eigenvalue weighted by Crippen LogP contribution is 2.81. The van der Waals surface area contributed by atoms with Gasteiger partial charge in [0.25, 0.3) is 5.91 Å². The number of carbonyl (C=O) groups is 2. The Hall–Kier alpha value is -2.37. The van der Waals surface area contributed by atoms with Gasteiger partial charge in [-0.1, -0.05) is 39.7 Å². The Balaban J connectivity index is 1.12. The van der Waals surface area contributed by atoms with Crippen LogP contribution in [0.1, 0.15) is 108 Å². The summed E-state index contributed by atoms with van der Waals surface area (Å²) in [5.74, 6) is 3.26. The largest absolute Gasteiger partial charge is 0.353 e. The molecule has 6 atom stereocenters. The molecule has 0 radical (unpaired) electrons. The van der Waals surface area contributed by atoms with Crippen molar-refractivity contribution in [3.8, 4) is 0 Å². The van der Waals surface area contributed by atoms with Gasteiger partial charge < -0.3 is 10.6 Å². The summed E-state index contributed by atoms with van der Waals surface area (Å²) in [7, 11) is 0.